The van der Waals surface area contributed by atoms with E-state index in [1.165, 1.54) is 19.3 Å². The molecule has 0 radical (unpaired) electrons. The van der Waals surface area contributed by atoms with Gasteiger partial charge >= 0.3 is 0 Å². The van der Waals surface area contributed by atoms with E-state index in [0.717, 1.165) is 53.9 Å². The Morgan fingerprint density at radius 1 is 0.893 bits per heavy atom. The number of carbonyl (C=O) groups is 1. The van der Waals surface area contributed by atoms with Crippen LogP contribution in [0.1, 0.15) is 49.7 Å². The molecule has 0 heterocycles. The summed E-state index contributed by atoms with van der Waals surface area (Å²) in [6.07, 6.45) is 11.4. The summed E-state index contributed by atoms with van der Waals surface area (Å²) in [5.41, 5.74) is 2.18. The first kappa shape index (κ1) is 17.7. The van der Waals surface area contributed by atoms with Gasteiger partial charge in [-0.25, -0.2) is 0 Å². The van der Waals surface area contributed by atoms with Crippen molar-refractivity contribution in [2.75, 3.05) is 0 Å². The zero-order valence-electron chi connectivity index (χ0n) is 16.3. The first-order valence-electron chi connectivity index (χ1n) is 10.7. The third-order valence-corrected chi connectivity index (χ3v) is 7.12. The molecule has 0 unspecified atom stereocenters. The largest absolute Gasteiger partial charge is 0.489 e. The second-order valence-electron chi connectivity index (χ2n) is 9.24. The van der Waals surface area contributed by atoms with Gasteiger partial charge in [0.1, 0.15) is 12.4 Å². The highest BCUT2D eigenvalue weighted by molar-refractivity contribution is 5.98. The van der Waals surface area contributed by atoms with Crippen molar-refractivity contribution in [2.24, 2.45) is 23.2 Å². The minimum absolute atomic E-state index is 0.0377. The average Bonchev–Trinajstić information content (AvgIpc) is 2.71. The van der Waals surface area contributed by atoms with E-state index >= 15 is 0 Å². The van der Waals surface area contributed by atoms with Gasteiger partial charge in [-0.05, 0) is 85.6 Å². The van der Waals surface area contributed by atoms with E-state index in [2.05, 4.69) is 12.1 Å². The van der Waals surface area contributed by atoms with E-state index < -0.39 is 0 Å². The average molecular weight is 373 g/mol. The van der Waals surface area contributed by atoms with Crippen molar-refractivity contribution >= 4 is 11.9 Å². The van der Waals surface area contributed by atoms with E-state index in [4.69, 9.17) is 4.74 Å². The molecule has 28 heavy (non-hydrogen) atoms. The lowest BCUT2D eigenvalue weighted by molar-refractivity contribution is -0.138. The molecular weight excluding hydrogens is 344 g/mol. The van der Waals surface area contributed by atoms with Gasteiger partial charge in [0.25, 0.3) is 0 Å². The van der Waals surface area contributed by atoms with Crippen molar-refractivity contribution in [3.63, 3.8) is 0 Å². The number of hydrogen-bond acceptors (Lipinski definition) is 2. The Labute approximate surface area is 167 Å². The summed E-state index contributed by atoms with van der Waals surface area (Å²) in [7, 11) is 0. The Morgan fingerprint density at radius 3 is 2.11 bits per heavy atom. The Hall–Kier alpha value is -2.35. The summed E-state index contributed by atoms with van der Waals surface area (Å²) < 4.78 is 5.85. The van der Waals surface area contributed by atoms with Gasteiger partial charge in [0.05, 0.1) is 0 Å². The minimum atomic E-state index is -0.0377. The molecule has 0 amide bonds. The molecule has 4 fully saturated rings. The number of rotatable bonds is 6. The van der Waals surface area contributed by atoms with E-state index in [0.29, 0.717) is 12.4 Å². The van der Waals surface area contributed by atoms with Gasteiger partial charge in [0.15, 0.2) is 5.78 Å². The van der Waals surface area contributed by atoms with Crippen LogP contribution in [0.4, 0.5) is 0 Å². The lowest BCUT2D eigenvalue weighted by Gasteiger charge is -2.55. The lowest BCUT2D eigenvalue weighted by Crippen LogP contribution is -2.49. The van der Waals surface area contributed by atoms with Crippen molar-refractivity contribution < 1.29 is 9.53 Å². The summed E-state index contributed by atoms with van der Waals surface area (Å²) in [4.78, 5) is 13.1. The SMILES string of the molecule is O=C(/C=C/c1ccc(OCc2ccccc2)cc1)C12CC3CC(CC(C3)C1)C2. The highest BCUT2D eigenvalue weighted by Crippen LogP contribution is 2.60. The van der Waals surface area contributed by atoms with Crippen LogP contribution < -0.4 is 4.74 Å². The lowest BCUT2D eigenvalue weighted by atomic mass is 9.48. The second kappa shape index (κ2) is 7.24. The molecule has 2 aromatic rings. The molecule has 4 aliphatic rings. The van der Waals surface area contributed by atoms with Crippen molar-refractivity contribution in [1.29, 1.82) is 0 Å². The third kappa shape index (κ3) is 3.53. The molecule has 0 spiro atoms. The molecule has 4 saturated carbocycles. The third-order valence-electron chi connectivity index (χ3n) is 7.12. The Balaban J connectivity index is 1.21. The van der Waals surface area contributed by atoms with Crippen molar-refractivity contribution in [3.8, 4) is 5.75 Å². The van der Waals surface area contributed by atoms with Crippen LogP contribution in [0, 0.1) is 23.2 Å². The van der Waals surface area contributed by atoms with Crippen molar-refractivity contribution in [1.82, 2.24) is 0 Å². The first-order chi connectivity index (χ1) is 13.7. The number of ketones is 1. The molecule has 0 N–H and O–H groups in total. The standard InChI is InChI=1S/C26H28O2/c27-25(26-15-21-12-22(16-26)14-23(13-21)17-26)11-8-19-6-9-24(10-7-19)28-18-20-4-2-1-3-5-20/h1-11,21-23H,12-18H2/b11-8+. The highest BCUT2D eigenvalue weighted by atomic mass is 16.5. The number of carbonyl (C=O) groups excluding carboxylic acids is 1. The Bertz CT molecular complexity index is 828. The molecule has 6 rings (SSSR count). The van der Waals surface area contributed by atoms with Crippen LogP contribution in [-0.2, 0) is 11.4 Å². The zero-order chi connectivity index (χ0) is 19.0. The first-order valence-corrected chi connectivity index (χ1v) is 10.7. The van der Waals surface area contributed by atoms with Gasteiger partial charge in [-0.2, -0.15) is 0 Å². The molecule has 2 heteroatoms. The number of benzene rings is 2. The van der Waals surface area contributed by atoms with Crippen LogP contribution in [0.2, 0.25) is 0 Å². The number of ether oxygens (including phenoxy) is 1. The fraction of sp³-hybridized carbons (Fsp3) is 0.423. The second-order valence-corrected chi connectivity index (χ2v) is 9.24. The molecule has 4 aliphatic carbocycles. The van der Waals surface area contributed by atoms with Gasteiger partial charge < -0.3 is 4.74 Å². The van der Waals surface area contributed by atoms with Gasteiger partial charge in [-0.1, -0.05) is 48.5 Å². The van der Waals surface area contributed by atoms with Crippen molar-refractivity contribution in [3.05, 3.63) is 71.8 Å². The van der Waals surface area contributed by atoms with Gasteiger partial charge in [0, 0.05) is 5.41 Å². The predicted octanol–water partition coefficient (Wildman–Crippen LogP) is 6.06. The topological polar surface area (TPSA) is 26.3 Å². The summed E-state index contributed by atoms with van der Waals surface area (Å²) in [6, 6.07) is 18.2. The van der Waals surface area contributed by atoms with Crippen LogP contribution >= 0.6 is 0 Å². The van der Waals surface area contributed by atoms with E-state index in [1.807, 2.05) is 54.6 Å². The number of hydrogen-bond donors (Lipinski definition) is 0. The fourth-order valence-electron chi connectivity index (χ4n) is 6.18. The van der Waals surface area contributed by atoms with Crippen molar-refractivity contribution in [2.45, 2.75) is 45.1 Å². The molecule has 2 nitrogen and oxygen atoms in total. The summed E-state index contributed by atoms with van der Waals surface area (Å²) in [5.74, 6) is 3.66. The van der Waals surface area contributed by atoms with Crippen LogP contribution in [0.3, 0.4) is 0 Å². The predicted molar refractivity (Wildman–Crippen MR) is 112 cm³/mol. The van der Waals surface area contributed by atoms with Gasteiger partial charge in [-0.3, -0.25) is 4.79 Å². The van der Waals surface area contributed by atoms with E-state index in [-0.39, 0.29) is 5.41 Å². The summed E-state index contributed by atoms with van der Waals surface area (Å²) >= 11 is 0. The molecule has 144 valence electrons. The monoisotopic (exact) mass is 372 g/mol. The van der Waals surface area contributed by atoms with Crippen LogP contribution in [-0.4, -0.2) is 5.78 Å². The Morgan fingerprint density at radius 2 is 1.50 bits per heavy atom. The van der Waals surface area contributed by atoms with E-state index in [1.54, 1.807) is 0 Å². The molecule has 2 aromatic carbocycles. The zero-order valence-corrected chi connectivity index (χ0v) is 16.3. The van der Waals surface area contributed by atoms with Gasteiger partial charge in [0.2, 0.25) is 0 Å². The van der Waals surface area contributed by atoms with Crippen LogP contribution in [0.25, 0.3) is 6.08 Å². The number of allylic oxidation sites excluding steroid dienone is 1. The van der Waals surface area contributed by atoms with Crippen LogP contribution in [0.15, 0.2) is 60.7 Å². The fourth-order valence-corrected chi connectivity index (χ4v) is 6.18. The minimum Gasteiger partial charge on any atom is -0.489 e. The van der Waals surface area contributed by atoms with Gasteiger partial charge in [-0.15, -0.1) is 0 Å². The molecule has 0 atom stereocenters. The molecule has 4 bridgehead atoms. The maximum atomic E-state index is 13.1. The highest BCUT2D eigenvalue weighted by Gasteiger charge is 2.53. The molecule has 0 saturated heterocycles. The Kier molecular flexibility index (Phi) is 4.58. The summed E-state index contributed by atoms with van der Waals surface area (Å²) in [5, 5.41) is 0. The van der Waals surface area contributed by atoms with E-state index in [9.17, 15) is 4.79 Å². The molecular formula is C26H28O2. The molecule has 0 aromatic heterocycles. The normalized spacial score (nSPS) is 30.6. The summed E-state index contributed by atoms with van der Waals surface area (Å²) in [6.45, 7) is 0.570. The smallest absolute Gasteiger partial charge is 0.161 e. The molecule has 0 aliphatic heterocycles. The maximum Gasteiger partial charge on any atom is 0.161 e. The van der Waals surface area contributed by atoms with Crippen LogP contribution in [0.5, 0.6) is 5.75 Å². The quantitative estimate of drug-likeness (QED) is 0.576. The maximum absolute atomic E-state index is 13.1.